The zero-order chi connectivity index (χ0) is 26.1. The molecular formula is C28H28O8. The lowest BCUT2D eigenvalue weighted by molar-refractivity contribution is 0.0321. The topological polar surface area (TPSA) is 101 Å². The molecule has 0 saturated heterocycles. The minimum absolute atomic E-state index is 0.00561. The van der Waals surface area contributed by atoms with Gasteiger partial charge in [0.25, 0.3) is 0 Å². The van der Waals surface area contributed by atoms with Crippen LogP contribution in [-0.2, 0) is 15.9 Å². The summed E-state index contributed by atoms with van der Waals surface area (Å²) in [5.41, 5.74) is 3.99. The highest BCUT2D eigenvalue weighted by atomic mass is 16.7. The zero-order valence-corrected chi connectivity index (χ0v) is 21.2. The highest BCUT2D eigenvalue weighted by molar-refractivity contribution is 6.31. The molecule has 0 unspecified atom stereocenters. The Morgan fingerprint density at radius 3 is 2.19 bits per heavy atom. The van der Waals surface area contributed by atoms with Gasteiger partial charge in [0.2, 0.25) is 5.43 Å². The molecule has 4 rings (SSSR count). The molecule has 2 aromatic carbocycles. The predicted octanol–water partition coefficient (Wildman–Crippen LogP) is 4.79. The Bertz CT molecular complexity index is 1480. The lowest BCUT2D eigenvalue weighted by atomic mass is 9.82. The van der Waals surface area contributed by atoms with Gasteiger partial charge in [-0.2, -0.15) is 0 Å². The van der Waals surface area contributed by atoms with Crippen LogP contribution in [0.3, 0.4) is 0 Å². The Morgan fingerprint density at radius 1 is 0.944 bits per heavy atom. The van der Waals surface area contributed by atoms with E-state index in [9.17, 15) is 14.4 Å². The fourth-order valence-electron chi connectivity index (χ4n) is 4.61. The van der Waals surface area contributed by atoms with Gasteiger partial charge in [-0.15, -0.1) is 0 Å². The fourth-order valence-corrected chi connectivity index (χ4v) is 4.61. The first-order valence-electron chi connectivity index (χ1n) is 11.4. The maximum absolute atomic E-state index is 13.7. The molecule has 0 fully saturated rings. The van der Waals surface area contributed by atoms with Crippen LogP contribution in [0.4, 0.5) is 0 Å². The molecule has 0 saturated carbocycles. The number of carbonyl (C=O) groups excluding carboxylic acids is 2. The molecule has 0 atom stereocenters. The number of ketones is 2. The molecule has 0 N–H and O–H groups in total. The summed E-state index contributed by atoms with van der Waals surface area (Å²) in [6, 6.07) is 5.06. The second-order valence-electron chi connectivity index (χ2n) is 8.82. The number of aryl methyl sites for hydroxylation is 1. The van der Waals surface area contributed by atoms with Crippen molar-refractivity contribution in [3.05, 3.63) is 73.6 Å². The number of benzene rings is 2. The molecule has 36 heavy (non-hydrogen) atoms. The summed E-state index contributed by atoms with van der Waals surface area (Å²) in [5.74, 6) is 0.156. The van der Waals surface area contributed by atoms with E-state index in [0.29, 0.717) is 45.8 Å². The first-order valence-corrected chi connectivity index (χ1v) is 11.4. The molecule has 1 aliphatic carbocycles. The van der Waals surface area contributed by atoms with Gasteiger partial charge in [-0.3, -0.25) is 14.4 Å². The molecule has 1 aliphatic rings. The van der Waals surface area contributed by atoms with Crippen LogP contribution in [0.5, 0.6) is 11.5 Å². The lowest BCUT2D eigenvalue weighted by Gasteiger charge is -2.22. The van der Waals surface area contributed by atoms with Crippen molar-refractivity contribution in [2.75, 3.05) is 27.8 Å². The van der Waals surface area contributed by atoms with Crippen molar-refractivity contribution in [2.45, 2.75) is 34.1 Å². The van der Waals surface area contributed by atoms with E-state index in [1.54, 1.807) is 32.0 Å². The molecular weight excluding hydrogens is 464 g/mol. The maximum atomic E-state index is 13.7. The van der Waals surface area contributed by atoms with Crippen molar-refractivity contribution in [3.8, 4) is 11.5 Å². The van der Waals surface area contributed by atoms with Gasteiger partial charge in [0.15, 0.2) is 36.7 Å². The van der Waals surface area contributed by atoms with Gasteiger partial charge in [-0.25, -0.2) is 0 Å². The van der Waals surface area contributed by atoms with Crippen molar-refractivity contribution in [1.29, 1.82) is 0 Å². The van der Waals surface area contributed by atoms with Gasteiger partial charge in [0.05, 0.1) is 10.9 Å². The van der Waals surface area contributed by atoms with E-state index in [1.807, 2.05) is 6.92 Å². The highest BCUT2D eigenvalue weighted by Gasteiger charge is 2.30. The molecule has 188 valence electrons. The summed E-state index contributed by atoms with van der Waals surface area (Å²) in [7, 11) is 2.99. The van der Waals surface area contributed by atoms with E-state index in [4.69, 9.17) is 23.4 Å². The average molecular weight is 493 g/mol. The maximum Gasteiger partial charge on any atom is 0.201 e. The molecule has 0 radical (unpaired) electrons. The predicted molar refractivity (Wildman–Crippen MR) is 134 cm³/mol. The van der Waals surface area contributed by atoms with Gasteiger partial charge in [-0.1, -0.05) is 5.57 Å². The monoisotopic (exact) mass is 492 g/mol. The molecule has 3 aromatic rings. The van der Waals surface area contributed by atoms with E-state index in [1.165, 1.54) is 27.4 Å². The number of allylic oxidation sites excluding steroid dienone is 2. The van der Waals surface area contributed by atoms with Crippen LogP contribution in [0.15, 0.2) is 39.2 Å². The van der Waals surface area contributed by atoms with E-state index in [2.05, 4.69) is 0 Å². The minimum Gasteiger partial charge on any atom is -0.464 e. The van der Waals surface area contributed by atoms with E-state index in [-0.39, 0.29) is 41.7 Å². The Balaban J connectivity index is 1.89. The van der Waals surface area contributed by atoms with Crippen LogP contribution in [0.2, 0.25) is 0 Å². The minimum atomic E-state index is -0.411. The third kappa shape index (κ3) is 4.34. The fraction of sp³-hybridized carbons (Fsp3) is 0.321. The summed E-state index contributed by atoms with van der Waals surface area (Å²) in [5, 5.41) is 0.189. The number of methoxy groups -OCH3 is 2. The highest BCUT2D eigenvalue weighted by Crippen LogP contribution is 2.39. The number of ether oxygens (including phenoxy) is 4. The largest absolute Gasteiger partial charge is 0.464 e. The number of carbonyl (C=O) groups is 2. The van der Waals surface area contributed by atoms with Gasteiger partial charge in [-0.05, 0) is 69.0 Å². The van der Waals surface area contributed by atoms with E-state index >= 15 is 0 Å². The third-order valence-electron chi connectivity index (χ3n) is 6.40. The molecule has 0 amide bonds. The Morgan fingerprint density at radius 2 is 1.58 bits per heavy atom. The Labute approximate surface area is 208 Å². The van der Waals surface area contributed by atoms with Gasteiger partial charge >= 0.3 is 0 Å². The SMILES string of the molecule is COCOc1cc2c(cc1OCOC)C(=O)C(c1coc3cc(C)c(C)c(C(C)=O)c3c1=O)=C(C)C2. The number of rotatable bonds is 8. The van der Waals surface area contributed by atoms with Crippen LogP contribution < -0.4 is 14.9 Å². The second kappa shape index (κ2) is 10.1. The molecule has 8 heteroatoms. The molecule has 8 nitrogen and oxygen atoms in total. The summed E-state index contributed by atoms with van der Waals surface area (Å²) < 4.78 is 27.1. The van der Waals surface area contributed by atoms with Crippen molar-refractivity contribution in [2.24, 2.45) is 0 Å². The summed E-state index contributed by atoms with van der Waals surface area (Å²) in [4.78, 5) is 40.0. The normalized spacial score (nSPS) is 13.2. The number of hydrogen-bond acceptors (Lipinski definition) is 8. The Kier molecular flexibility index (Phi) is 7.10. The van der Waals surface area contributed by atoms with Gasteiger partial charge in [0, 0.05) is 30.9 Å². The number of fused-ring (bicyclic) bond motifs is 2. The van der Waals surface area contributed by atoms with Crippen LogP contribution in [0.25, 0.3) is 16.5 Å². The third-order valence-corrected chi connectivity index (χ3v) is 6.40. The smallest absolute Gasteiger partial charge is 0.201 e. The quantitative estimate of drug-likeness (QED) is 0.327. The van der Waals surface area contributed by atoms with Crippen LogP contribution in [-0.4, -0.2) is 39.4 Å². The van der Waals surface area contributed by atoms with Crippen molar-refractivity contribution in [3.63, 3.8) is 0 Å². The van der Waals surface area contributed by atoms with Gasteiger partial charge in [0.1, 0.15) is 11.8 Å². The summed E-state index contributed by atoms with van der Waals surface area (Å²) >= 11 is 0. The second-order valence-corrected chi connectivity index (χ2v) is 8.82. The van der Waals surface area contributed by atoms with Crippen LogP contribution >= 0.6 is 0 Å². The van der Waals surface area contributed by atoms with E-state index < -0.39 is 5.43 Å². The summed E-state index contributed by atoms with van der Waals surface area (Å²) in [6.07, 6.45) is 1.72. The van der Waals surface area contributed by atoms with Crippen molar-refractivity contribution >= 4 is 28.1 Å². The molecule has 0 bridgehead atoms. The zero-order valence-electron chi connectivity index (χ0n) is 21.2. The van der Waals surface area contributed by atoms with Crippen LogP contribution in [0.1, 0.15) is 56.8 Å². The molecule has 1 heterocycles. The lowest BCUT2D eigenvalue weighted by Crippen LogP contribution is -2.21. The average Bonchev–Trinajstić information content (AvgIpc) is 2.83. The van der Waals surface area contributed by atoms with E-state index in [0.717, 1.165) is 11.1 Å². The van der Waals surface area contributed by atoms with Gasteiger partial charge < -0.3 is 23.4 Å². The molecule has 1 aromatic heterocycles. The Hall–Kier alpha value is -3.75. The summed E-state index contributed by atoms with van der Waals surface area (Å²) in [6.45, 7) is 6.85. The van der Waals surface area contributed by atoms with Crippen molar-refractivity contribution < 1.29 is 33.0 Å². The molecule has 0 spiro atoms. The number of Topliss-reactive ketones (excluding diaryl/α,β-unsaturated/α-hetero) is 2. The standard InChI is InChI=1S/C28H28O8/c1-14-8-23-26(25(16(14)3)17(4)29)28(31)20(11-34-23)24-15(2)7-18-9-21(35-12-32-5)22(36-13-33-6)10-19(18)27(24)30/h8-11H,7,12-13H2,1-6H3. The van der Waals surface area contributed by atoms with Crippen LogP contribution in [0, 0.1) is 13.8 Å². The first kappa shape index (κ1) is 25.3. The molecule has 0 aliphatic heterocycles. The van der Waals surface area contributed by atoms with Crippen molar-refractivity contribution in [1.82, 2.24) is 0 Å². The number of hydrogen-bond donors (Lipinski definition) is 0. The first-order chi connectivity index (χ1) is 17.2.